The number of aromatic carboxylic acids is 1. The van der Waals surface area contributed by atoms with Crippen LogP contribution in [0.4, 0.5) is 5.13 Å². The molecule has 1 aliphatic rings. The summed E-state index contributed by atoms with van der Waals surface area (Å²) >= 11 is 1.17. The number of aromatic nitrogens is 2. The fourth-order valence-electron chi connectivity index (χ4n) is 3.94. The summed E-state index contributed by atoms with van der Waals surface area (Å²) in [6, 6.07) is 5.08. The van der Waals surface area contributed by atoms with Crippen LogP contribution in [0.5, 0.6) is 0 Å². The van der Waals surface area contributed by atoms with E-state index in [-0.39, 0.29) is 29.2 Å². The number of carbonyl (C=O) groups excluding carboxylic acids is 2. The summed E-state index contributed by atoms with van der Waals surface area (Å²) < 4.78 is 0. The Kier molecular flexibility index (Phi) is 7.02. The highest BCUT2D eigenvalue weighted by Crippen LogP contribution is 2.26. The molecule has 0 atom stereocenters. The minimum absolute atomic E-state index is 0.111. The van der Waals surface area contributed by atoms with Crippen LogP contribution in [0.3, 0.4) is 0 Å². The van der Waals surface area contributed by atoms with Gasteiger partial charge in [-0.25, -0.2) is 9.78 Å². The minimum atomic E-state index is -1.05. The number of carboxylic acid groups (broad SMARTS) is 1. The number of nitrogens with zero attached hydrogens (tertiary/aromatic N) is 1. The second-order valence-corrected chi connectivity index (χ2v) is 8.78. The summed E-state index contributed by atoms with van der Waals surface area (Å²) in [7, 11) is 0. The molecule has 0 radical (unpaired) electrons. The lowest BCUT2D eigenvalue weighted by atomic mass is 10.0. The minimum Gasteiger partial charge on any atom is -0.477 e. The first-order valence-corrected chi connectivity index (χ1v) is 11.7. The third-order valence-electron chi connectivity index (χ3n) is 5.64. The van der Waals surface area contributed by atoms with Crippen molar-refractivity contribution in [3.8, 4) is 0 Å². The van der Waals surface area contributed by atoms with E-state index in [1.165, 1.54) is 11.3 Å². The van der Waals surface area contributed by atoms with E-state index >= 15 is 0 Å². The van der Waals surface area contributed by atoms with Crippen molar-refractivity contribution in [2.75, 3.05) is 25.0 Å². The Bertz CT molecular complexity index is 1180. The number of anilines is 1. The molecule has 0 unspecified atom stereocenters. The standard InChI is InChI=1S/C22H26N6O4S/c23-7-1-2-14-15-10-12(3-4-16(15)26-18(14)21(31)32)19(29)28-22-27-17(11-33-22)20(30)25-13-5-8-24-9-6-13/h3-4,10-11,13,24,26H,1-2,5-9,23H2,(H,25,30)(H,31,32)(H,27,28,29). The first-order chi connectivity index (χ1) is 16.0. The van der Waals surface area contributed by atoms with E-state index in [0.29, 0.717) is 46.5 Å². The predicted octanol–water partition coefficient (Wildman–Crippen LogP) is 1.95. The van der Waals surface area contributed by atoms with Crippen LogP contribution in [0.2, 0.25) is 0 Å². The highest BCUT2D eigenvalue weighted by atomic mass is 32.1. The van der Waals surface area contributed by atoms with Crippen LogP contribution in [0.1, 0.15) is 56.2 Å². The highest BCUT2D eigenvalue weighted by molar-refractivity contribution is 7.14. The smallest absolute Gasteiger partial charge is 0.352 e. The molecule has 3 heterocycles. The van der Waals surface area contributed by atoms with Crippen molar-refractivity contribution in [2.24, 2.45) is 5.73 Å². The molecule has 11 heteroatoms. The lowest BCUT2D eigenvalue weighted by molar-refractivity contribution is 0.0689. The van der Waals surface area contributed by atoms with E-state index in [1.807, 2.05) is 0 Å². The SMILES string of the molecule is NCCCc1c(C(=O)O)[nH]c2ccc(C(=O)Nc3nc(C(=O)NC4CCNCC4)cs3)cc12. The molecule has 0 aliphatic carbocycles. The molecule has 7 N–H and O–H groups in total. The van der Waals surface area contributed by atoms with E-state index in [4.69, 9.17) is 5.73 Å². The van der Waals surface area contributed by atoms with E-state index in [0.717, 1.165) is 25.9 Å². The number of aromatic amines is 1. The molecule has 10 nitrogen and oxygen atoms in total. The van der Waals surface area contributed by atoms with Crippen LogP contribution < -0.4 is 21.7 Å². The quantitative estimate of drug-likeness (QED) is 0.293. The Hall–Kier alpha value is -3.28. The van der Waals surface area contributed by atoms with Crippen molar-refractivity contribution in [1.82, 2.24) is 20.6 Å². The van der Waals surface area contributed by atoms with Gasteiger partial charge in [0.05, 0.1) is 0 Å². The third-order valence-corrected chi connectivity index (χ3v) is 6.40. The van der Waals surface area contributed by atoms with E-state index in [9.17, 15) is 19.5 Å². The molecule has 2 aromatic heterocycles. The first-order valence-electron chi connectivity index (χ1n) is 10.8. The molecule has 33 heavy (non-hydrogen) atoms. The Morgan fingerprint density at radius 2 is 2.00 bits per heavy atom. The molecule has 1 aliphatic heterocycles. The Morgan fingerprint density at radius 3 is 2.73 bits per heavy atom. The van der Waals surface area contributed by atoms with E-state index < -0.39 is 5.97 Å². The average molecular weight is 471 g/mol. The van der Waals surface area contributed by atoms with Gasteiger partial charge in [0, 0.05) is 27.9 Å². The third kappa shape index (κ3) is 5.21. The van der Waals surface area contributed by atoms with Crippen LogP contribution in [-0.2, 0) is 6.42 Å². The zero-order valence-electron chi connectivity index (χ0n) is 17.9. The maximum atomic E-state index is 12.8. The zero-order valence-corrected chi connectivity index (χ0v) is 18.8. The number of piperidine rings is 1. The van der Waals surface area contributed by atoms with Crippen LogP contribution in [0.25, 0.3) is 10.9 Å². The van der Waals surface area contributed by atoms with Gasteiger partial charge in [0.25, 0.3) is 11.8 Å². The van der Waals surface area contributed by atoms with Crippen molar-refractivity contribution in [1.29, 1.82) is 0 Å². The Labute approximate surface area is 194 Å². The van der Waals surface area contributed by atoms with Crippen molar-refractivity contribution in [3.05, 3.63) is 46.1 Å². The van der Waals surface area contributed by atoms with Gasteiger partial charge in [0.15, 0.2) is 5.13 Å². The summed E-state index contributed by atoms with van der Waals surface area (Å²) in [6.07, 6.45) is 2.87. The number of carbonyl (C=O) groups is 3. The first kappa shape index (κ1) is 22.9. The number of nitrogens with one attached hydrogen (secondary N) is 4. The van der Waals surface area contributed by atoms with Gasteiger partial charge in [-0.15, -0.1) is 11.3 Å². The second kappa shape index (κ2) is 10.1. The fourth-order valence-corrected chi connectivity index (χ4v) is 4.63. The van der Waals surface area contributed by atoms with Gasteiger partial charge in [-0.05, 0) is 69.1 Å². The van der Waals surface area contributed by atoms with Gasteiger partial charge in [-0.1, -0.05) is 0 Å². The van der Waals surface area contributed by atoms with Gasteiger partial charge >= 0.3 is 5.97 Å². The van der Waals surface area contributed by atoms with Gasteiger partial charge in [0.2, 0.25) is 0 Å². The van der Waals surface area contributed by atoms with Gasteiger partial charge < -0.3 is 26.5 Å². The van der Waals surface area contributed by atoms with E-state index in [2.05, 4.69) is 25.9 Å². The maximum Gasteiger partial charge on any atom is 0.352 e. The molecule has 1 fully saturated rings. The molecule has 0 spiro atoms. The summed E-state index contributed by atoms with van der Waals surface area (Å²) in [5.41, 5.74) is 7.61. The number of carboxylic acids is 1. The van der Waals surface area contributed by atoms with Gasteiger partial charge in [-0.3, -0.25) is 14.9 Å². The number of aryl methyl sites for hydroxylation is 1. The van der Waals surface area contributed by atoms with Crippen LogP contribution in [0.15, 0.2) is 23.6 Å². The van der Waals surface area contributed by atoms with Crippen molar-refractivity contribution in [3.63, 3.8) is 0 Å². The highest BCUT2D eigenvalue weighted by Gasteiger charge is 2.20. The lowest BCUT2D eigenvalue weighted by Gasteiger charge is -2.23. The number of rotatable bonds is 8. The fraction of sp³-hybridized carbons (Fsp3) is 0.364. The number of nitrogens with two attached hydrogens (primary N) is 1. The number of amides is 2. The molecule has 0 bridgehead atoms. The van der Waals surface area contributed by atoms with Crippen molar-refractivity contribution >= 4 is 45.2 Å². The normalized spacial score (nSPS) is 14.3. The molecule has 174 valence electrons. The summed E-state index contributed by atoms with van der Waals surface area (Å²) in [5.74, 6) is -1.69. The largest absolute Gasteiger partial charge is 0.477 e. The summed E-state index contributed by atoms with van der Waals surface area (Å²) in [4.78, 5) is 44.0. The van der Waals surface area contributed by atoms with Crippen LogP contribution >= 0.6 is 11.3 Å². The van der Waals surface area contributed by atoms with Gasteiger partial charge in [0.1, 0.15) is 11.4 Å². The monoisotopic (exact) mass is 470 g/mol. The number of hydrogen-bond acceptors (Lipinski definition) is 7. The molecular formula is C22H26N6O4S. The molecule has 2 amide bonds. The molecule has 1 aromatic carbocycles. The van der Waals surface area contributed by atoms with Gasteiger partial charge in [-0.2, -0.15) is 0 Å². The Morgan fingerprint density at radius 1 is 1.21 bits per heavy atom. The molecule has 1 saturated heterocycles. The number of thiazole rings is 1. The second-order valence-electron chi connectivity index (χ2n) is 7.93. The lowest BCUT2D eigenvalue weighted by Crippen LogP contribution is -2.42. The van der Waals surface area contributed by atoms with E-state index in [1.54, 1.807) is 23.6 Å². The molecule has 3 aromatic rings. The van der Waals surface area contributed by atoms with Crippen LogP contribution in [0, 0.1) is 0 Å². The van der Waals surface area contributed by atoms with Crippen molar-refractivity contribution in [2.45, 2.75) is 31.7 Å². The Balaban J connectivity index is 1.48. The number of hydrogen-bond donors (Lipinski definition) is 6. The zero-order chi connectivity index (χ0) is 23.4. The number of H-pyrrole nitrogens is 1. The molecule has 0 saturated carbocycles. The van der Waals surface area contributed by atoms with Crippen LogP contribution in [-0.4, -0.2) is 58.5 Å². The summed E-state index contributed by atoms with van der Waals surface area (Å²) in [5, 5.41) is 21.1. The number of fused-ring (bicyclic) bond motifs is 1. The predicted molar refractivity (Wildman–Crippen MR) is 126 cm³/mol. The maximum absolute atomic E-state index is 12.8. The molecule has 4 rings (SSSR count). The van der Waals surface area contributed by atoms with Crippen molar-refractivity contribution < 1.29 is 19.5 Å². The summed E-state index contributed by atoms with van der Waals surface area (Å²) in [6.45, 7) is 2.18. The molecular weight excluding hydrogens is 444 g/mol. The average Bonchev–Trinajstić information content (AvgIpc) is 3.42. The topological polar surface area (TPSA) is 162 Å². The number of benzene rings is 1.